The Labute approximate surface area is 125 Å². The Kier molecular flexibility index (Phi) is 14.6. The van der Waals surface area contributed by atoms with Gasteiger partial charge in [0.1, 0.15) is 37.1 Å². The molecular formula is C11H20O11. The quantitative estimate of drug-likeness (QED) is 0.179. The molecule has 0 aliphatic carbocycles. The first kappa shape index (κ1) is 25.1. The van der Waals surface area contributed by atoms with E-state index in [0.29, 0.717) is 0 Å². The number of rotatable bonds is 7. The largest absolute Gasteiger partial charge is 0.483 e. The molecule has 0 bridgehead atoms. The first-order valence-corrected chi connectivity index (χ1v) is 5.55. The second-order valence-electron chi connectivity index (χ2n) is 3.93. The SMILES string of the molecule is C=O.C[C@](O)(C(=O)CC(=O)O)[C@@H](O)[C@H](O)[C@H](O)CO.O=CO. The Bertz CT molecular complexity index is 341. The number of hydrogen-bond acceptors (Lipinski definition) is 9. The van der Waals surface area contributed by atoms with Crippen LogP contribution in [-0.4, -0.2) is 91.3 Å². The summed E-state index contributed by atoms with van der Waals surface area (Å²) in [4.78, 5) is 37.9. The van der Waals surface area contributed by atoms with E-state index in [-0.39, 0.29) is 6.47 Å². The van der Waals surface area contributed by atoms with Crippen molar-refractivity contribution in [1.29, 1.82) is 0 Å². The molecule has 0 aromatic rings. The summed E-state index contributed by atoms with van der Waals surface area (Å²) in [6.07, 6.45) is -6.88. The summed E-state index contributed by atoms with van der Waals surface area (Å²) in [6.45, 7) is 1.68. The van der Waals surface area contributed by atoms with Gasteiger partial charge in [0.15, 0.2) is 5.78 Å². The molecule has 0 saturated carbocycles. The summed E-state index contributed by atoms with van der Waals surface area (Å²) in [5.74, 6) is -2.72. The van der Waals surface area contributed by atoms with Crippen molar-refractivity contribution in [2.24, 2.45) is 0 Å². The van der Waals surface area contributed by atoms with E-state index in [1.54, 1.807) is 0 Å². The van der Waals surface area contributed by atoms with Crippen LogP contribution in [0.5, 0.6) is 0 Å². The molecule has 0 aromatic carbocycles. The van der Waals surface area contributed by atoms with Gasteiger partial charge in [-0.3, -0.25) is 14.4 Å². The maximum atomic E-state index is 11.3. The Balaban J connectivity index is -0.000000637. The van der Waals surface area contributed by atoms with E-state index in [1.165, 1.54) is 0 Å². The van der Waals surface area contributed by atoms with Crippen molar-refractivity contribution in [2.45, 2.75) is 37.3 Å². The lowest BCUT2D eigenvalue weighted by Gasteiger charge is -2.32. The molecule has 0 heterocycles. The summed E-state index contributed by atoms with van der Waals surface area (Å²) < 4.78 is 0. The van der Waals surface area contributed by atoms with E-state index in [4.69, 9.17) is 30.0 Å². The molecule has 0 aliphatic heterocycles. The van der Waals surface area contributed by atoms with Crippen molar-refractivity contribution in [3.05, 3.63) is 0 Å². The summed E-state index contributed by atoms with van der Waals surface area (Å²) in [7, 11) is 0. The molecule has 0 saturated heterocycles. The minimum Gasteiger partial charge on any atom is -0.483 e. The molecule has 0 rings (SSSR count). The standard InChI is InChI=1S/C9H16O8.CH2O2.CH2O/c1-9(17,5(12)2-6(13)14)8(16)7(15)4(11)3-10;2-1-3;1-2/h4,7-8,10-11,15-17H,2-3H2,1H3,(H,13,14);1H,(H,2,3);1H2/t4-,7-,8+,9+;;/m1../s1. The smallest absolute Gasteiger partial charge is 0.310 e. The Morgan fingerprint density at radius 2 is 1.59 bits per heavy atom. The molecular weight excluding hydrogens is 308 g/mol. The zero-order chi connectivity index (χ0) is 18.5. The van der Waals surface area contributed by atoms with Crippen molar-refractivity contribution >= 4 is 25.0 Å². The van der Waals surface area contributed by atoms with Crippen LogP contribution in [-0.2, 0) is 19.2 Å². The molecule has 0 amide bonds. The third kappa shape index (κ3) is 9.10. The average Bonchev–Trinajstić information content (AvgIpc) is 2.46. The van der Waals surface area contributed by atoms with E-state index in [0.717, 1.165) is 6.92 Å². The van der Waals surface area contributed by atoms with Gasteiger partial charge in [-0.1, -0.05) is 0 Å². The number of Topliss-reactive ketones (excluding diaryl/α,β-unsaturated/α-hetero) is 1. The number of hydrogen-bond donors (Lipinski definition) is 7. The summed E-state index contributed by atoms with van der Waals surface area (Å²) in [5.41, 5.74) is -2.53. The number of carbonyl (C=O) groups is 4. The summed E-state index contributed by atoms with van der Waals surface area (Å²) in [6, 6.07) is 0. The first-order valence-electron chi connectivity index (χ1n) is 5.55. The third-order valence-corrected chi connectivity index (χ3v) is 2.36. The molecule has 0 spiro atoms. The lowest BCUT2D eigenvalue weighted by atomic mass is 9.87. The van der Waals surface area contributed by atoms with Crippen LogP contribution in [0.25, 0.3) is 0 Å². The topological polar surface area (TPSA) is 210 Å². The fourth-order valence-corrected chi connectivity index (χ4v) is 1.13. The van der Waals surface area contributed by atoms with Crippen molar-refractivity contribution in [2.75, 3.05) is 6.61 Å². The number of aliphatic hydroxyl groups is 5. The summed E-state index contributed by atoms with van der Waals surface area (Å²) in [5, 5.41) is 61.1. The zero-order valence-electron chi connectivity index (χ0n) is 11.7. The van der Waals surface area contributed by atoms with Crippen LogP contribution in [0.3, 0.4) is 0 Å². The molecule has 4 atom stereocenters. The zero-order valence-corrected chi connectivity index (χ0v) is 11.7. The van der Waals surface area contributed by atoms with Crippen LogP contribution in [0.15, 0.2) is 0 Å². The van der Waals surface area contributed by atoms with Crippen LogP contribution >= 0.6 is 0 Å². The maximum Gasteiger partial charge on any atom is 0.310 e. The van der Waals surface area contributed by atoms with Crippen molar-refractivity contribution < 1.29 is 54.9 Å². The van der Waals surface area contributed by atoms with E-state index in [2.05, 4.69) is 0 Å². The Hall–Kier alpha value is -1.92. The predicted octanol–water partition coefficient (Wildman–Crippen LogP) is -3.63. The number of carboxylic acid groups (broad SMARTS) is 2. The highest BCUT2D eigenvalue weighted by Crippen LogP contribution is 2.18. The fraction of sp³-hybridized carbons (Fsp3) is 0.636. The van der Waals surface area contributed by atoms with Gasteiger partial charge in [-0.2, -0.15) is 0 Å². The monoisotopic (exact) mass is 328 g/mol. The molecule has 11 nitrogen and oxygen atoms in total. The summed E-state index contributed by atoms with van der Waals surface area (Å²) >= 11 is 0. The number of aliphatic carboxylic acids is 1. The minimum absolute atomic E-state index is 0.250. The molecule has 11 heteroatoms. The van der Waals surface area contributed by atoms with Crippen molar-refractivity contribution in [3.8, 4) is 0 Å². The minimum atomic E-state index is -2.53. The third-order valence-electron chi connectivity index (χ3n) is 2.36. The highest BCUT2D eigenvalue weighted by molar-refractivity contribution is 5.99. The van der Waals surface area contributed by atoms with Gasteiger partial charge in [0.2, 0.25) is 0 Å². The van der Waals surface area contributed by atoms with Crippen LogP contribution < -0.4 is 0 Å². The van der Waals surface area contributed by atoms with E-state index in [1.807, 2.05) is 6.79 Å². The predicted molar refractivity (Wildman–Crippen MR) is 68.8 cm³/mol. The van der Waals surface area contributed by atoms with Gasteiger partial charge in [0.05, 0.1) is 6.61 Å². The lowest BCUT2D eigenvalue weighted by molar-refractivity contribution is -0.172. The molecule has 0 aliphatic rings. The fourth-order valence-electron chi connectivity index (χ4n) is 1.13. The average molecular weight is 328 g/mol. The van der Waals surface area contributed by atoms with Gasteiger partial charge in [-0.15, -0.1) is 0 Å². The molecule has 0 unspecified atom stereocenters. The highest BCUT2D eigenvalue weighted by Gasteiger charge is 2.44. The van der Waals surface area contributed by atoms with E-state index < -0.39 is 48.7 Å². The molecule has 22 heavy (non-hydrogen) atoms. The number of aliphatic hydroxyl groups excluding tert-OH is 4. The van der Waals surface area contributed by atoms with Gasteiger partial charge < -0.3 is 40.5 Å². The highest BCUT2D eigenvalue weighted by atomic mass is 16.4. The molecule has 7 N–H and O–H groups in total. The Morgan fingerprint density at radius 1 is 1.23 bits per heavy atom. The van der Waals surface area contributed by atoms with Gasteiger partial charge in [-0.25, -0.2) is 0 Å². The van der Waals surface area contributed by atoms with Crippen molar-refractivity contribution in [1.82, 2.24) is 0 Å². The number of carbonyl (C=O) groups excluding carboxylic acids is 2. The maximum absolute atomic E-state index is 11.3. The lowest BCUT2D eigenvalue weighted by Crippen LogP contribution is -2.56. The molecule has 0 radical (unpaired) electrons. The van der Waals surface area contributed by atoms with Gasteiger partial charge in [0.25, 0.3) is 6.47 Å². The Morgan fingerprint density at radius 3 is 1.86 bits per heavy atom. The first-order chi connectivity index (χ1) is 10.1. The van der Waals surface area contributed by atoms with Crippen LogP contribution in [0.4, 0.5) is 0 Å². The van der Waals surface area contributed by atoms with E-state index in [9.17, 15) is 24.9 Å². The van der Waals surface area contributed by atoms with Gasteiger partial charge in [0, 0.05) is 0 Å². The molecule has 0 fully saturated rings. The van der Waals surface area contributed by atoms with Crippen LogP contribution in [0.2, 0.25) is 0 Å². The number of carboxylic acids is 1. The van der Waals surface area contributed by atoms with Crippen molar-refractivity contribution in [3.63, 3.8) is 0 Å². The second-order valence-corrected chi connectivity index (χ2v) is 3.93. The second kappa shape index (κ2) is 12.8. The van der Waals surface area contributed by atoms with Gasteiger partial charge in [-0.05, 0) is 6.92 Å². The molecule has 130 valence electrons. The number of ketones is 1. The molecule has 0 aromatic heterocycles. The van der Waals surface area contributed by atoms with Gasteiger partial charge >= 0.3 is 5.97 Å². The normalized spacial score (nSPS) is 16.3. The van der Waals surface area contributed by atoms with E-state index >= 15 is 0 Å². The van der Waals surface area contributed by atoms with Crippen LogP contribution in [0.1, 0.15) is 13.3 Å². The van der Waals surface area contributed by atoms with Crippen LogP contribution in [0, 0.1) is 0 Å².